The number of furan rings is 1. The average Bonchev–Trinajstić information content (AvgIpc) is 3.12. The number of benzene rings is 1. The molecule has 29 heavy (non-hydrogen) atoms. The number of carbonyl (C=O) groups excluding carboxylic acids is 1. The molecule has 1 fully saturated rings. The van der Waals surface area contributed by atoms with Gasteiger partial charge in [-0.1, -0.05) is 12.1 Å². The van der Waals surface area contributed by atoms with Crippen molar-refractivity contribution in [2.45, 2.75) is 39.2 Å². The Morgan fingerprint density at radius 2 is 2.07 bits per heavy atom. The zero-order valence-corrected chi connectivity index (χ0v) is 17.1. The molecule has 3 heterocycles. The second-order valence-corrected chi connectivity index (χ2v) is 7.80. The van der Waals surface area contributed by atoms with Crippen molar-refractivity contribution in [3.63, 3.8) is 0 Å². The third-order valence-electron chi connectivity index (χ3n) is 5.38. The minimum Gasteiger partial charge on any atom is -0.450 e. The predicted octanol–water partition coefficient (Wildman–Crippen LogP) is 3.52. The van der Waals surface area contributed by atoms with E-state index in [-0.39, 0.29) is 17.9 Å². The van der Waals surface area contributed by atoms with Crippen LogP contribution in [0.5, 0.6) is 0 Å². The lowest BCUT2D eigenvalue weighted by molar-refractivity contribution is -0.125. The molecule has 0 radical (unpaired) electrons. The summed E-state index contributed by atoms with van der Waals surface area (Å²) in [6, 6.07) is 7.90. The van der Waals surface area contributed by atoms with E-state index in [0.717, 1.165) is 60.2 Å². The van der Waals surface area contributed by atoms with Crippen LogP contribution in [-0.4, -0.2) is 48.2 Å². The normalized spacial score (nSPS) is 15.5. The SMILES string of the molecule is CC(C)OCCCNC(=O)C1CCN(c2ncnc3c2oc2ccccc23)CC1. The molecule has 0 bridgehead atoms. The summed E-state index contributed by atoms with van der Waals surface area (Å²) in [5, 5.41) is 4.05. The Morgan fingerprint density at radius 3 is 2.86 bits per heavy atom. The van der Waals surface area contributed by atoms with Gasteiger partial charge >= 0.3 is 0 Å². The zero-order valence-electron chi connectivity index (χ0n) is 17.1. The third-order valence-corrected chi connectivity index (χ3v) is 5.38. The fourth-order valence-electron chi connectivity index (χ4n) is 3.84. The summed E-state index contributed by atoms with van der Waals surface area (Å²) in [5.41, 5.74) is 2.38. The molecule has 7 heteroatoms. The first-order chi connectivity index (χ1) is 14.1. The number of hydrogen-bond acceptors (Lipinski definition) is 6. The summed E-state index contributed by atoms with van der Waals surface area (Å²) in [6.07, 6.45) is 4.28. The number of nitrogens with one attached hydrogen (secondary N) is 1. The number of hydrogen-bond donors (Lipinski definition) is 1. The number of carbonyl (C=O) groups is 1. The summed E-state index contributed by atoms with van der Waals surface area (Å²) >= 11 is 0. The van der Waals surface area contributed by atoms with Crippen LogP contribution in [0.4, 0.5) is 5.82 Å². The van der Waals surface area contributed by atoms with Gasteiger partial charge in [0.25, 0.3) is 0 Å². The number of nitrogens with zero attached hydrogens (tertiary/aromatic N) is 3. The Bertz CT molecular complexity index is 977. The summed E-state index contributed by atoms with van der Waals surface area (Å²) in [5.74, 6) is 1.01. The minimum absolute atomic E-state index is 0.0465. The Balaban J connectivity index is 1.36. The first kappa shape index (κ1) is 19.6. The van der Waals surface area contributed by atoms with E-state index >= 15 is 0 Å². The number of ether oxygens (including phenoxy) is 1. The van der Waals surface area contributed by atoms with Gasteiger partial charge in [0, 0.05) is 37.5 Å². The van der Waals surface area contributed by atoms with Gasteiger partial charge in [0.2, 0.25) is 5.91 Å². The predicted molar refractivity (Wildman–Crippen MR) is 113 cm³/mol. The van der Waals surface area contributed by atoms with Gasteiger partial charge in [-0.2, -0.15) is 0 Å². The number of piperidine rings is 1. The number of anilines is 1. The molecular weight excluding hydrogens is 368 g/mol. The van der Waals surface area contributed by atoms with Gasteiger partial charge in [0.1, 0.15) is 17.4 Å². The van der Waals surface area contributed by atoms with Crippen molar-refractivity contribution < 1.29 is 13.9 Å². The topological polar surface area (TPSA) is 80.5 Å². The lowest BCUT2D eigenvalue weighted by Crippen LogP contribution is -2.41. The number of para-hydroxylation sites is 1. The van der Waals surface area contributed by atoms with E-state index in [0.29, 0.717) is 13.2 Å². The highest BCUT2D eigenvalue weighted by Crippen LogP contribution is 2.33. The minimum atomic E-state index is 0.0465. The zero-order chi connectivity index (χ0) is 20.2. The smallest absolute Gasteiger partial charge is 0.223 e. The fourth-order valence-corrected chi connectivity index (χ4v) is 3.84. The molecular formula is C22H28N4O3. The van der Waals surface area contributed by atoms with E-state index < -0.39 is 0 Å². The Morgan fingerprint density at radius 1 is 1.28 bits per heavy atom. The van der Waals surface area contributed by atoms with Gasteiger partial charge in [-0.15, -0.1) is 0 Å². The first-order valence-corrected chi connectivity index (χ1v) is 10.4. The maximum atomic E-state index is 12.5. The quantitative estimate of drug-likeness (QED) is 0.616. The van der Waals surface area contributed by atoms with Crippen LogP contribution in [0.2, 0.25) is 0 Å². The molecule has 1 saturated heterocycles. The Kier molecular flexibility index (Phi) is 5.94. The second kappa shape index (κ2) is 8.78. The van der Waals surface area contributed by atoms with E-state index in [2.05, 4.69) is 20.2 Å². The van der Waals surface area contributed by atoms with E-state index in [1.165, 1.54) is 0 Å². The maximum Gasteiger partial charge on any atom is 0.223 e. The van der Waals surface area contributed by atoms with Crippen LogP contribution in [-0.2, 0) is 9.53 Å². The molecule has 0 saturated carbocycles. The number of rotatable bonds is 7. The van der Waals surface area contributed by atoms with E-state index in [9.17, 15) is 4.79 Å². The Labute approximate surface area is 170 Å². The van der Waals surface area contributed by atoms with Crippen molar-refractivity contribution in [1.82, 2.24) is 15.3 Å². The highest BCUT2D eigenvalue weighted by Gasteiger charge is 2.27. The average molecular weight is 396 g/mol. The van der Waals surface area contributed by atoms with Crippen LogP contribution in [0.1, 0.15) is 33.1 Å². The first-order valence-electron chi connectivity index (χ1n) is 10.4. The standard InChI is InChI=1S/C22H28N4O3/c1-15(2)28-13-5-10-23-22(27)16-8-11-26(12-9-16)21-20-19(24-14-25-21)17-6-3-4-7-18(17)29-20/h3-4,6-7,14-16H,5,8-13H2,1-2H3,(H,23,27). The van der Waals surface area contributed by atoms with Crippen LogP contribution < -0.4 is 10.2 Å². The van der Waals surface area contributed by atoms with Crippen molar-refractivity contribution >= 4 is 33.8 Å². The van der Waals surface area contributed by atoms with E-state index in [4.69, 9.17) is 9.15 Å². The molecule has 1 amide bonds. The number of fused-ring (bicyclic) bond motifs is 3. The van der Waals surface area contributed by atoms with Crippen LogP contribution in [0.25, 0.3) is 22.1 Å². The molecule has 4 rings (SSSR count). The molecule has 0 aliphatic carbocycles. The van der Waals surface area contributed by atoms with Crippen molar-refractivity contribution in [3.8, 4) is 0 Å². The monoisotopic (exact) mass is 396 g/mol. The van der Waals surface area contributed by atoms with Crippen LogP contribution in [0, 0.1) is 5.92 Å². The van der Waals surface area contributed by atoms with Crippen LogP contribution in [0.15, 0.2) is 35.0 Å². The molecule has 154 valence electrons. The number of aromatic nitrogens is 2. The summed E-state index contributed by atoms with van der Waals surface area (Å²) in [6.45, 7) is 6.93. The highest BCUT2D eigenvalue weighted by molar-refractivity contribution is 6.05. The largest absolute Gasteiger partial charge is 0.450 e. The van der Waals surface area contributed by atoms with Gasteiger partial charge in [0.05, 0.1) is 6.10 Å². The van der Waals surface area contributed by atoms with Crippen molar-refractivity contribution in [2.24, 2.45) is 5.92 Å². The summed E-state index contributed by atoms with van der Waals surface area (Å²) in [4.78, 5) is 23.6. The van der Waals surface area contributed by atoms with Crippen molar-refractivity contribution in [1.29, 1.82) is 0 Å². The third kappa shape index (κ3) is 4.34. The maximum absolute atomic E-state index is 12.5. The lowest BCUT2D eigenvalue weighted by atomic mass is 9.96. The van der Waals surface area contributed by atoms with Crippen molar-refractivity contribution in [2.75, 3.05) is 31.1 Å². The molecule has 0 unspecified atom stereocenters. The molecule has 0 atom stereocenters. The molecule has 0 spiro atoms. The van der Waals surface area contributed by atoms with Crippen LogP contribution in [0.3, 0.4) is 0 Å². The van der Waals surface area contributed by atoms with E-state index in [1.807, 2.05) is 38.1 Å². The van der Waals surface area contributed by atoms with Crippen molar-refractivity contribution in [3.05, 3.63) is 30.6 Å². The molecule has 3 aromatic rings. The van der Waals surface area contributed by atoms with Gasteiger partial charge < -0.3 is 19.4 Å². The van der Waals surface area contributed by atoms with Gasteiger partial charge in [0.15, 0.2) is 11.4 Å². The summed E-state index contributed by atoms with van der Waals surface area (Å²) in [7, 11) is 0. The second-order valence-electron chi connectivity index (χ2n) is 7.80. The lowest BCUT2D eigenvalue weighted by Gasteiger charge is -2.31. The molecule has 1 aliphatic rings. The molecule has 1 aliphatic heterocycles. The number of amides is 1. The van der Waals surface area contributed by atoms with Gasteiger partial charge in [-0.25, -0.2) is 9.97 Å². The molecule has 2 aromatic heterocycles. The molecule has 1 N–H and O–H groups in total. The molecule has 1 aromatic carbocycles. The summed E-state index contributed by atoms with van der Waals surface area (Å²) < 4.78 is 11.6. The van der Waals surface area contributed by atoms with Crippen LogP contribution >= 0.6 is 0 Å². The Hall–Kier alpha value is -2.67. The van der Waals surface area contributed by atoms with Gasteiger partial charge in [-0.3, -0.25) is 4.79 Å². The highest BCUT2D eigenvalue weighted by atomic mass is 16.5. The van der Waals surface area contributed by atoms with Gasteiger partial charge in [-0.05, 0) is 45.2 Å². The van der Waals surface area contributed by atoms with E-state index in [1.54, 1.807) is 6.33 Å². The fraction of sp³-hybridized carbons (Fsp3) is 0.500. The molecule has 7 nitrogen and oxygen atoms in total.